The van der Waals surface area contributed by atoms with Crippen LogP contribution in [0.5, 0.6) is 0 Å². The van der Waals surface area contributed by atoms with E-state index in [0.717, 1.165) is 24.8 Å². The Morgan fingerprint density at radius 3 is 2.00 bits per heavy atom. The third kappa shape index (κ3) is 7.23. The fraction of sp³-hybridized carbons (Fsp3) is 0.552. The zero-order valence-corrected chi connectivity index (χ0v) is 19.6. The summed E-state index contributed by atoms with van der Waals surface area (Å²) in [5.74, 6) is 0.0809. The zero-order valence-electron chi connectivity index (χ0n) is 19.6. The van der Waals surface area contributed by atoms with E-state index in [2.05, 4.69) is 62.4 Å². The molecule has 3 rings (SSSR count). The summed E-state index contributed by atoms with van der Waals surface area (Å²) in [6.07, 6.45) is 14.3. The average molecular weight is 421 g/mol. The van der Waals surface area contributed by atoms with Gasteiger partial charge < -0.3 is 4.74 Å². The van der Waals surface area contributed by atoms with E-state index in [0.29, 0.717) is 0 Å². The third-order valence-corrected chi connectivity index (χ3v) is 6.64. The van der Waals surface area contributed by atoms with Gasteiger partial charge in [-0.2, -0.15) is 0 Å². The van der Waals surface area contributed by atoms with Gasteiger partial charge in [0.25, 0.3) is 0 Å². The molecule has 1 aliphatic rings. The number of aryl methyl sites for hydroxylation is 1. The molecule has 0 N–H and O–H groups in total. The lowest BCUT2D eigenvalue weighted by Gasteiger charge is -2.11. The Bertz CT molecular complexity index is 775. The molecule has 0 amide bonds. The second-order valence-electron chi connectivity index (χ2n) is 9.19. The molecule has 0 radical (unpaired) electrons. The smallest absolute Gasteiger partial charge is 0.309 e. The number of cyclic esters (lactones) is 1. The van der Waals surface area contributed by atoms with Crippen LogP contribution in [0.2, 0.25) is 0 Å². The molecule has 0 aromatic heterocycles. The molecule has 1 heterocycles. The fourth-order valence-corrected chi connectivity index (χ4v) is 4.58. The third-order valence-electron chi connectivity index (χ3n) is 6.64. The van der Waals surface area contributed by atoms with Gasteiger partial charge in [0.1, 0.15) is 6.10 Å². The number of esters is 1. The van der Waals surface area contributed by atoms with Crippen molar-refractivity contribution in [1.29, 1.82) is 0 Å². The first kappa shape index (κ1) is 23.6. The number of rotatable bonds is 13. The molecule has 2 nitrogen and oxygen atoms in total. The van der Waals surface area contributed by atoms with Crippen molar-refractivity contribution in [3.8, 4) is 11.1 Å². The molecule has 2 aromatic carbocycles. The Labute approximate surface area is 189 Å². The maximum absolute atomic E-state index is 12.3. The molecule has 1 saturated heterocycles. The highest BCUT2D eigenvalue weighted by Gasteiger charge is 2.34. The molecule has 0 unspecified atom stereocenters. The van der Waals surface area contributed by atoms with E-state index in [-0.39, 0.29) is 18.0 Å². The van der Waals surface area contributed by atoms with Gasteiger partial charge >= 0.3 is 5.97 Å². The van der Waals surface area contributed by atoms with Gasteiger partial charge in [-0.05, 0) is 41.5 Å². The molecule has 1 fully saturated rings. The largest absolute Gasteiger partial charge is 0.457 e. The SMILES string of the molecule is CCCCCCCC[C@H]1C[C@@H](c2ccc(-c3ccc(CCCCC)cc3)cc2)OC1=O. The van der Waals surface area contributed by atoms with Crippen molar-refractivity contribution in [2.75, 3.05) is 0 Å². The highest BCUT2D eigenvalue weighted by atomic mass is 16.5. The number of hydrogen-bond acceptors (Lipinski definition) is 2. The van der Waals surface area contributed by atoms with E-state index in [9.17, 15) is 4.79 Å². The number of carbonyl (C=O) groups is 1. The lowest BCUT2D eigenvalue weighted by atomic mass is 9.94. The summed E-state index contributed by atoms with van der Waals surface area (Å²) in [5, 5.41) is 0. The number of hydrogen-bond donors (Lipinski definition) is 0. The zero-order chi connectivity index (χ0) is 21.9. The van der Waals surface area contributed by atoms with E-state index >= 15 is 0 Å². The van der Waals surface area contributed by atoms with Crippen molar-refractivity contribution in [2.24, 2.45) is 5.92 Å². The second-order valence-corrected chi connectivity index (χ2v) is 9.19. The summed E-state index contributed by atoms with van der Waals surface area (Å²) in [5.41, 5.74) is 5.01. The first-order valence-electron chi connectivity index (χ1n) is 12.6. The molecule has 2 atom stereocenters. The molecule has 31 heavy (non-hydrogen) atoms. The summed E-state index contributed by atoms with van der Waals surface area (Å²) in [6, 6.07) is 17.6. The second kappa shape index (κ2) is 12.7. The molecule has 0 aliphatic carbocycles. The van der Waals surface area contributed by atoms with Gasteiger partial charge in [-0.25, -0.2) is 0 Å². The van der Waals surface area contributed by atoms with Crippen LogP contribution in [0.3, 0.4) is 0 Å². The maximum Gasteiger partial charge on any atom is 0.309 e. The summed E-state index contributed by atoms with van der Waals surface area (Å²) in [7, 11) is 0. The first-order chi connectivity index (χ1) is 15.2. The summed E-state index contributed by atoms with van der Waals surface area (Å²) in [6.45, 7) is 4.49. The lowest BCUT2D eigenvalue weighted by Crippen LogP contribution is -2.06. The van der Waals surface area contributed by atoms with Gasteiger partial charge in [0.15, 0.2) is 0 Å². The Kier molecular flexibility index (Phi) is 9.65. The summed E-state index contributed by atoms with van der Waals surface area (Å²) < 4.78 is 5.72. The Hall–Kier alpha value is -2.09. The Morgan fingerprint density at radius 2 is 1.32 bits per heavy atom. The molecular weight excluding hydrogens is 380 g/mol. The minimum Gasteiger partial charge on any atom is -0.457 e. The normalized spacial score (nSPS) is 18.3. The van der Waals surface area contributed by atoms with Crippen LogP contribution in [0, 0.1) is 5.92 Å². The average Bonchev–Trinajstić information content (AvgIpc) is 3.17. The molecular formula is C29H40O2. The number of ether oxygens (including phenoxy) is 1. The van der Waals surface area contributed by atoms with Crippen LogP contribution in [0.15, 0.2) is 48.5 Å². The summed E-state index contributed by atoms with van der Waals surface area (Å²) >= 11 is 0. The highest BCUT2D eigenvalue weighted by Crippen LogP contribution is 2.36. The standard InChI is InChI=1S/C29H40O2/c1-3-5-7-8-9-11-13-27-22-28(31-29(27)30)26-20-18-25(19-21-26)24-16-14-23(15-17-24)12-10-6-4-2/h14-21,27-28H,3-13,22H2,1-2H3/t27-,28-/m0/s1. The molecule has 168 valence electrons. The van der Waals surface area contributed by atoms with Gasteiger partial charge in [0, 0.05) is 6.42 Å². The number of carbonyl (C=O) groups excluding carboxylic acids is 1. The molecule has 1 aliphatic heterocycles. The Balaban J connectivity index is 1.49. The van der Waals surface area contributed by atoms with Crippen LogP contribution >= 0.6 is 0 Å². The minimum atomic E-state index is -0.0763. The molecule has 2 aromatic rings. The number of unbranched alkanes of at least 4 members (excludes halogenated alkanes) is 7. The predicted octanol–water partition coefficient (Wildman–Crippen LogP) is 8.44. The van der Waals surface area contributed by atoms with Gasteiger partial charge in [-0.1, -0.05) is 114 Å². The van der Waals surface area contributed by atoms with E-state index in [1.165, 1.54) is 74.5 Å². The van der Waals surface area contributed by atoms with Gasteiger partial charge in [0.2, 0.25) is 0 Å². The van der Waals surface area contributed by atoms with Crippen LogP contribution < -0.4 is 0 Å². The van der Waals surface area contributed by atoms with E-state index < -0.39 is 0 Å². The van der Waals surface area contributed by atoms with E-state index in [1.54, 1.807) is 0 Å². The van der Waals surface area contributed by atoms with Gasteiger partial charge in [-0.3, -0.25) is 4.79 Å². The van der Waals surface area contributed by atoms with E-state index in [4.69, 9.17) is 4.74 Å². The van der Waals surface area contributed by atoms with Crippen molar-refractivity contribution in [3.05, 3.63) is 59.7 Å². The van der Waals surface area contributed by atoms with Crippen LogP contribution in [0.4, 0.5) is 0 Å². The summed E-state index contributed by atoms with van der Waals surface area (Å²) in [4.78, 5) is 12.3. The minimum absolute atomic E-state index is 0.00120. The van der Waals surface area contributed by atoms with Crippen molar-refractivity contribution < 1.29 is 9.53 Å². The van der Waals surface area contributed by atoms with Crippen LogP contribution in [-0.4, -0.2) is 5.97 Å². The monoisotopic (exact) mass is 420 g/mol. The van der Waals surface area contributed by atoms with E-state index in [1.807, 2.05) is 0 Å². The maximum atomic E-state index is 12.3. The first-order valence-corrected chi connectivity index (χ1v) is 12.6. The number of benzene rings is 2. The molecule has 0 bridgehead atoms. The van der Waals surface area contributed by atoms with Gasteiger partial charge in [0.05, 0.1) is 5.92 Å². The van der Waals surface area contributed by atoms with Gasteiger partial charge in [-0.15, -0.1) is 0 Å². The molecule has 0 spiro atoms. The predicted molar refractivity (Wildman–Crippen MR) is 130 cm³/mol. The molecule has 2 heteroatoms. The van der Waals surface area contributed by atoms with Crippen LogP contribution in [-0.2, 0) is 16.0 Å². The van der Waals surface area contributed by atoms with Crippen LogP contribution in [0.25, 0.3) is 11.1 Å². The quantitative estimate of drug-likeness (QED) is 0.240. The molecule has 0 saturated carbocycles. The van der Waals surface area contributed by atoms with Crippen molar-refractivity contribution in [3.63, 3.8) is 0 Å². The lowest BCUT2D eigenvalue weighted by molar-refractivity contribution is -0.144. The van der Waals surface area contributed by atoms with Crippen molar-refractivity contribution >= 4 is 5.97 Å². The fourth-order valence-electron chi connectivity index (χ4n) is 4.58. The highest BCUT2D eigenvalue weighted by molar-refractivity contribution is 5.75. The van der Waals surface area contributed by atoms with Crippen molar-refractivity contribution in [1.82, 2.24) is 0 Å². The topological polar surface area (TPSA) is 26.3 Å². The van der Waals surface area contributed by atoms with Crippen molar-refractivity contribution in [2.45, 2.75) is 97.0 Å². The Morgan fingerprint density at radius 1 is 0.742 bits per heavy atom. The van der Waals surface area contributed by atoms with Crippen LogP contribution in [0.1, 0.15) is 102 Å².